The van der Waals surface area contributed by atoms with Gasteiger partial charge in [-0.05, 0) is 127 Å². The van der Waals surface area contributed by atoms with E-state index in [1.165, 1.54) is 14.4 Å². The van der Waals surface area contributed by atoms with E-state index < -0.39 is 94.8 Å². The van der Waals surface area contributed by atoms with Crippen LogP contribution in [0.2, 0.25) is 0 Å². The summed E-state index contributed by atoms with van der Waals surface area (Å²) in [6.45, 7) is 19.9. The van der Waals surface area contributed by atoms with Crippen molar-refractivity contribution in [1.82, 2.24) is 4.57 Å². The van der Waals surface area contributed by atoms with Crippen molar-refractivity contribution in [3.63, 3.8) is 0 Å². The molecular weight excluding hydrogens is 822 g/mol. The Bertz CT molecular complexity index is 4960. The summed E-state index contributed by atoms with van der Waals surface area (Å²) in [5.74, 6) is 0. The molecule has 0 atom stereocenters. The second-order valence-corrected chi connectivity index (χ2v) is 22.9. The van der Waals surface area contributed by atoms with Gasteiger partial charge in [-0.2, -0.15) is 0 Å². The zero-order chi connectivity index (χ0) is 63.1. The molecule has 7 aromatic carbocycles. The molecule has 0 saturated heterocycles. The molecule has 3 aliphatic rings. The molecule has 0 aliphatic carbocycles. The standard InChI is InChI=1S/C60H56BN3OS/c1-57(2,3)33-23-25-42-38(27-33)39-29-35(59(7,8)9)32-47-53(39)62(42)44-20-15-18-41-55(44)64(47)46-31-36(60(10,11)12)30-45-52(46)61(41)56-54(40-28-34(58(4,5)6)24-26-48(40)65-56)63(45)43-19-16-22-50-51(43)37-17-13-14-21-49(37)66-50/h13-32H,1-12H3/i13D,14D,15D,16D,17D,18D,19D,20D,21D,22D,23D,24D,25D,26D,27D,28D,29D,30D,31D,32D. The number of thiophene rings is 1. The van der Waals surface area contributed by atoms with Crippen LogP contribution < -0.4 is 26.4 Å². The van der Waals surface area contributed by atoms with Crippen molar-refractivity contribution < 1.29 is 31.8 Å². The molecule has 0 spiro atoms. The third kappa shape index (κ3) is 5.34. The number of hydrogen-bond acceptors (Lipinski definition) is 4. The highest BCUT2D eigenvalue weighted by Gasteiger charge is 2.50. The number of nitrogens with zero attached hydrogens (tertiary/aromatic N) is 3. The van der Waals surface area contributed by atoms with E-state index in [1.807, 2.05) is 41.5 Å². The summed E-state index contributed by atoms with van der Waals surface area (Å²) in [6, 6.07) is -8.89. The van der Waals surface area contributed by atoms with Crippen LogP contribution in [0.3, 0.4) is 0 Å². The first-order valence-corrected chi connectivity index (χ1v) is 23.0. The Balaban J connectivity index is 1.37. The summed E-state index contributed by atoms with van der Waals surface area (Å²) in [4.78, 5) is 2.93. The lowest BCUT2D eigenvalue weighted by atomic mass is 9.35. The molecule has 3 aromatic heterocycles. The fraction of sp³-hybridized carbons (Fsp3) is 0.267. The molecule has 0 bridgehead atoms. The van der Waals surface area contributed by atoms with Crippen LogP contribution >= 0.6 is 11.3 Å². The number of furan rings is 1. The molecular formula is C60H56BN3OS. The number of aromatic nitrogens is 1. The third-order valence-corrected chi connectivity index (χ3v) is 14.1. The van der Waals surface area contributed by atoms with Crippen LogP contribution in [0.5, 0.6) is 0 Å². The molecule has 0 radical (unpaired) electrons. The molecule has 0 fully saturated rings. The molecule has 4 nitrogen and oxygen atoms in total. The summed E-state index contributed by atoms with van der Waals surface area (Å²) < 4.78 is 206. The monoisotopic (exact) mass is 898 g/mol. The second-order valence-electron chi connectivity index (χ2n) is 21.8. The van der Waals surface area contributed by atoms with Gasteiger partial charge in [-0.1, -0.05) is 131 Å². The Morgan fingerprint density at radius 1 is 0.485 bits per heavy atom. The molecule has 0 amide bonds. The second kappa shape index (κ2) is 12.8. The first-order chi connectivity index (χ1) is 39.7. The minimum atomic E-state index is -1.58. The summed E-state index contributed by atoms with van der Waals surface area (Å²) in [6.07, 6.45) is 0. The number of rotatable bonds is 1. The number of benzene rings is 7. The van der Waals surface area contributed by atoms with Gasteiger partial charge in [0, 0.05) is 47.7 Å². The van der Waals surface area contributed by atoms with Crippen molar-refractivity contribution >= 4 is 122 Å². The number of anilines is 6. The highest BCUT2D eigenvalue weighted by Crippen LogP contribution is 2.56. The van der Waals surface area contributed by atoms with Crippen LogP contribution in [0.4, 0.5) is 34.1 Å². The molecule has 66 heavy (non-hydrogen) atoms. The van der Waals surface area contributed by atoms with Gasteiger partial charge in [0.1, 0.15) is 5.58 Å². The van der Waals surface area contributed by atoms with E-state index in [4.69, 9.17) is 8.53 Å². The van der Waals surface area contributed by atoms with E-state index >= 15 is 0 Å². The molecule has 13 rings (SSSR count). The zero-order valence-electron chi connectivity index (χ0n) is 58.7. The molecule has 10 aromatic rings. The Kier molecular flexibility index (Phi) is 4.75. The van der Waals surface area contributed by atoms with Gasteiger partial charge in [-0.25, -0.2) is 0 Å². The molecule has 6 heteroatoms. The zero-order valence-corrected chi connectivity index (χ0v) is 39.6. The van der Waals surface area contributed by atoms with Crippen LogP contribution in [-0.2, 0) is 21.7 Å². The third-order valence-electron chi connectivity index (χ3n) is 13.1. The Morgan fingerprint density at radius 2 is 1.06 bits per heavy atom. The largest absolute Gasteiger partial charge is 0.468 e. The molecule has 0 saturated carbocycles. The molecule has 3 aliphatic heterocycles. The van der Waals surface area contributed by atoms with Gasteiger partial charge in [0.25, 0.3) is 6.71 Å². The minimum absolute atomic E-state index is 0.0112. The maximum absolute atomic E-state index is 10.8. The minimum Gasteiger partial charge on any atom is -0.468 e. The van der Waals surface area contributed by atoms with Gasteiger partial charge in [-0.3, -0.25) is 0 Å². The fourth-order valence-corrected chi connectivity index (χ4v) is 10.7. The van der Waals surface area contributed by atoms with Gasteiger partial charge >= 0.3 is 0 Å². The SMILES string of the molecule is [2H]c1c([2H])c2c3c(c1[2H])-n1c4c([2H])c([2H])c(C(C)(C)C)c([2H])c4c4c([2H])c(C(C)(C)C)c([2H])c(c41)N3c1c([2H])c(C(C)(C)C)c([2H])c3c1B2c1oc2c([2H])c([2H])c(C(C)(C)C)c([2H])c2c1N3c1c([2H])c([2H])c([2H])c2sc3c([2H])c([2H])c([2H])c([2H])c3c12. The van der Waals surface area contributed by atoms with Crippen molar-refractivity contribution in [2.24, 2.45) is 0 Å². The van der Waals surface area contributed by atoms with E-state index in [0.717, 1.165) is 11.3 Å². The van der Waals surface area contributed by atoms with Gasteiger partial charge in [0.05, 0.1) is 72.5 Å². The fourth-order valence-electron chi connectivity index (χ4n) is 9.72. The van der Waals surface area contributed by atoms with Crippen LogP contribution in [0.15, 0.2) is 125 Å². The number of fused-ring (bicyclic) bond motifs is 14. The average Bonchev–Trinajstić information content (AvgIpc) is 1.30. The van der Waals surface area contributed by atoms with E-state index in [2.05, 4.69) is 0 Å². The average molecular weight is 898 g/mol. The van der Waals surface area contributed by atoms with E-state index in [1.54, 1.807) is 41.5 Å². The lowest BCUT2D eigenvalue weighted by Crippen LogP contribution is -2.61. The number of para-hydroxylation sites is 1. The Morgan fingerprint density at radius 3 is 1.77 bits per heavy atom. The van der Waals surface area contributed by atoms with Gasteiger partial charge < -0.3 is 18.8 Å². The van der Waals surface area contributed by atoms with Crippen molar-refractivity contribution in [2.75, 3.05) is 9.80 Å². The highest BCUT2D eigenvalue weighted by atomic mass is 32.1. The smallest absolute Gasteiger partial charge is 0.297 e. The van der Waals surface area contributed by atoms with Crippen molar-refractivity contribution in [2.45, 2.75) is 105 Å². The van der Waals surface area contributed by atoms with Gasteiger partial charge in [0.15, 0.2) is 0 Å². The molecule has 0 N–H and O–H groups in total. The van der Waals surface area contributed by atoms with Crippen LogP contribution in [0.25, 0.3) is 58.6 Å². The quantitative estimate of drug-likeness (QED) is 0.153. The maximum atomic E-state index is 10.8. The number of hydrogen-bond donors (Lipinski definition) is 0. The summed E-state index contributed by atoms with van der Waals surface area (Å²) >= 11 is 0.811. The van der Waals surface area contributed by atoms with E-state index in [0.29, 0.717) is 0 Å². The lowest BCUT2D eigenvalue weighted by molar-refractivity contribution is 0.590. The van der Waals surface area contributed by atoms with Crippen molar-refractivity contribution in [1.29, 1.82) is 0 Å². The van der Waals surface area contributed by atoms with Gasteiger partial charge in [0.2, 0.25) is 0 Å². The summed E-state index contributed by atoms with van der Waals surface area (Å²) in [5.41, 5.74) is -5.15. The van der Waals surface area contributed by atoms with E-state index in [-0.39, 0.29) is 186 Å². The van der Waals surface area contributed by atoms with Crippen LogP contribution in [0, 0.1) is 0 Å². The summed E-state index contributed by atoms with van der Waals surface area (Å²) in [7, 11) is 0. The molecule has 0 unspecified atom stereocenters. The Hall–Kier alpha value is -6.24. The predicted octanol–water partition coefficient (Wildman–Crippen LogP) is 15.5. The van der Waals surface area contributed by atoms with Crippen LogP contribution in [-0.4, -0.2) is 11.3 Å². The normalized spacial score (nSPS) is 18.8. The molecule has 6 heterocycles. The first-order valence-electron chi connectivity index (χ1n) is 32.2. The topological polar surface area (TPSA) is 24.6 Å². The Labute approximate surface area is 420 Å². The van der Waals surface area contributed by atoms with Gasteiger partial charge in [-0.15, -0.1) is 11.3 Å². The maximum Gasteiger partial charge on any atom is 0.297 e. The van der Waals surface area contributed by atoms with Crippen LogP contribution in [0.1, 0.15) is 133 Å². The molecule has 326 valence electrons. The summed E-state index contributed by atoms with van der Waals surface area (Å²) in [5, 5.41) is -0.191. The highest BCUT2D eigenvalue weighted by molar-refractivity contribution is 7.26. The van der Waals surface area contributed by atoms with E-state index in [9.17, 15) is 23.3 Å². The lowest BCUT2D eigenvalue weighted by Gasteiger charge is -2.45. The van der Waals surface area contributed by atoms with Crippen molar-refractivity contribution in [3.8, 4) is 5.69 Å². The predicted molar refractivity (Wildman–Crippen MR) is 286 cm³/mol. The first kappa shape index (κ1) is 24.5. The van der Waals surface area contributed by atoms with Crippen molar-refractivity contribution in [3.05, 3.63) is 143 Å².